The first-order chi connectivity index (χ1) is 14.9. The van der Waals surface area contributed by atoms with Crippen LogP contribution in [0.25, 0.3) is 0 Å². The van der Waals surface area contributed by atoms with Crippen LogP contribution in [0.2, 0.25) is 0 Å². The highest BCUT2D eigenvalue weighted by Gasteiger charge is 2.59. The standard InChI is InChI=1S/C23H27N3O5/c1-4-14(2)18-19-25-21(28)23(12-8-11-17(30-3)31-23)22(29)26(19)16(20(27)24-18)13-15-9-6-5-7-10-15/h5-11,14,16-17H,4,12-13H2,1-3H3,(H,24,27)(H,25,28)/t14-,16+,17-,23+/m0/s1. The zero-order valence-electron chi connectivity index (χ0n) is 17.9. The maximum atomic E-state index is 13.8. The van der Waals surface area contributed by atoms with Gasteiger partial charge in [0, 0.05) is 20.0 Å². The average Bonchev–Trinajstić information content (AvgIpc) is 2.79. The molecule has 1 aromatic carbocycles. The third-order valence-corrected chi connectivity index (χ3v) is 6.16. The van der Waals surface area contributed by atoms with Crippen molar-refractivity contribution in [1.82, 2.24) is 15.5 Å². The molecule has 2 N–H and O–H groups in total. The Labute approximate surface area is 181 Å². The van der Waals surface area contributed by atoms with E-state index in [1.807, 2.05) is 44.2 Å². The molecule has 1 spiro atoms. The minimum atomic E-state index is -1.77. The van der Waals surface area contributed by atoms with Crippen LogP contribution in [0, 0.1) is 5.92 Å². The van der Waals surface area contributed by atoms with E-state index in [9.17, 15) is 14.4 Å². The van der Waals surface area contributed by atoms with E-state index in [0.29, 0.717) is 17.9 Å². The fraction of sp³-hybridized carbons (Fsp3) is 0.435. The molecule has 3 amide bonds. The van der Waals surface area contributed by atoms with E-state index < -0.39 is 29.7 Å². The SMILES string of the molecule is CC[C@H](C)C1=C2NC(=O)[C@]3(CC=C[C@@H](OC)O3)C(=O)N2[C@H](Cc2ccccc2)C(=O)N1. The lowest BCUT2D eigenvalue weighted by atomic mass is 9.88. The number of ether oxygens (including phenoxy) is 2. The number of nitrogens with one attached hydrogen (secondary N) is 2. The summed E-state index contributed by atoms with van der Waals surface area (Å²) in [5, 5.41) is 5.81. The van der Waals surface area contributed by atoms with Gasteiger partial charge in [-0.1, -0.05) is 50.3 Å². The summed E-state index contributed by atoms with van der Waals surface area (Å²) in [6.07, 6.45) is 3.65. The molecule has 0 radical (unpaired) electrons. The summed E-state index contributed by atoms with van der Waals surface area (Å²) < 4.78 is 11.0. The van der Waals surface area contributed by atoms with Gasteiger partial charge in [0.15, 0.2) is 6.29 Å². The van der Waals surface area contributed by atoms with Crippen LogP contribution in [-0.2, 0) is 30.3 Å². The van der Waals surface area contributed by atoms with E-state index in [0.717, 1.165) is 12.0 Å². The Morgan fingerprint density at radius 2 is 1.97 bits per heavy atom. The Morgan fingerprint density at radius 3 is 2.65 bits per heavy atom. The van der Waals surface area contributed by atoms with Gasteiger partial charge in [0.25, 0.3) is 11.8 Å². The van der Waals surface area contributed by atoms with Crippen LogP contribution in [0.15, 0.2) is 54.0 Å². The van der Waals surface area contributed by atoms with Gasteiger partial charge in [0.05, 0.1) is 5.70 Å². The first-order valence-electron chi connectivity index (χ1n) is 10.5. The minimum Gasteiger partial charge on any atom is -0.352 e. The molecule has 0 bridgehead atoms. The zero-order chi connectivity index (χ0) is 22.2. The zero-order valence-corrected chi connectivity index (χ0v) is 17.9. The lowest BCUT2D eigenvalue weighted by molar-refractivity contribution is -0.206. The molecule has 8 nitrogen and oxygen atoms in total. The summed E-state index contributed by atoms with van der Waals surface area (Å²) in [6.45, 7) is 3.93. The van der Waals surface area contributed by atoms with E-state index >= 15 is 0 Å². The molecule has 1 aromatic rings. The summed E-state index contributed by atoms with van der Waals surface area (Å²) in [5.74, 6) is -1.10. The Morgan fingerprint density at radius 1 is 1.23 bits per heavy atom. The van der Waals surface area contributed by atoms with Crippen molar-refractivity contribution in [3.05, 3.63) is 59.6 Å². The second kappa shape index (κ2) is 8.28. The highest BCUT2D eigenvalue weighted by Crippen LogP contribution is 2.36. The van der Waals surface area contributed by atoms with Crippen LogP contribution in [-0.4, -0.2) is 47.7 Å². The van der Waals surface area contributed by atoms with Crippen LogP contribution in [0.1, 0.15) is 32.3 Å². The average molecular weight is 425 g/mol. The highest BCUT2D eigenvalue weighted by atomic mass is 16.7. The van der Waals surface area contributed by atoms with Gasteiger partial charge in [-0.15, -0.1) is 0 Å². The van der Waals surface area contributed by atoms with Crippen LogP contribution in [0.4, 0.5) is 0 Å². The second-order valence-electron chi connectivity index (χ2n) is 8.08. The van der Waals surface area contributed by atoms with Crippen molar-refractivity contribution in [2.24, 2.45) is 5.92 Å². The molecule has 1 fully saturated rings. The molecule has 3 aliphatic heterocycles. The third-order valence-electron chi connectivity index (χ3n) is 6.16. The summed E-state index contributed by atoms with van der Waals surface area (Å²) in [7, 11) is 1.44. The van der Waals surface area contributed by atoms with Crippen LogP contribution in [0.3, 0.4) is 0 Å². The predicted molar refractivity (Wildman–Crippen MR) is 112 cm³/mol. The summed E-state index contributed by atoms with van der Waals surface area (Å²) in [5.41, 5.74) is -0.318. The monoisotopic (exact) mass is 425 g/mol. The van der Waals surface area contributed by atoms with Gasteiger partial charge in [-0.05, 0) is 24.0 Å². The normalized spacial score (nSPS) is 29.0. The number of methoxy groups -OCH3 is 1. The van der Waals surface area contributed by atoms with Crippen LogP contribution in [0.5, 0.6) is 0 Å². The van der Waals surface area contributed by atoms with Gasteiger partial charge in [-0.3, -0.25) is 19.3 Å². The van der Waals surface area contributed by atoms with Crippen molar-refractivity contribution in [3.8, 4) is 0 Å². The number of carbonyl (C=O) groups excluding carboxylic acids is 3. The number of carbonyl (C=O) groups is 3. The number of rotatable bonds is 5. The fourth-order valence-corrected chi connectivity index (χ4v) is 4.17. The maximum Gasteiger partial charge on any atom is 0.271 e. The molecule has 164 valence electrons. The Bertz CT molecular complexity index is 957. The molecule has 0 aliphatic carbocycles. The summed E-state index contributed by atoms with van der Waals surface area (Å²) in [4.78, 5) is 41.6. The number of hydrogen-bond donors (Lipinski definition) is 2. The number of fused-ring (bicyclic) bond motifs is 1. The van der Waals surface area contributed by atoms with E-state index in [1.54, 1.807) is 12.2 Å². The molecule has 0 aromatic heterocycles. The molecule has 0 saturated carbocycles. The van der Waals surface area contributed by atoms with Gasteiger partial charge in [0.1, 0.15) is 11.9 Å². The summed E-state index contributed by atoms with van der Waals surface area (Å²) >= 11 is 0. The molecule has 3 heterocycles. The van der Waals surface area contributed by atoms with E-state index in [-0.39, 0.29) is 18.2 Å². The molecular weight excluding hydrogens is 398 g/mol. The van der Waals surface area contributed by atoms with Crippen molar-refractivity contribution in [1.29, 1.82) is 0 Å². The van der Waals surface area contributed by atoms with Crippen LogP contribution >= 0.6 is 0 Å². The molecular formula is C23H27N3O5. The van der Waals surface area contributed by atoms with E-state index in [1.165, 1.54) is 12.0 Å². The molecule has 8 heteroatoms. The van der Waals surface area contributed by atoms with Gasteiger partial charge in [-0.2, -0.15) is 0 Å². The largest absolute Gasteiger partial charge is 0.352 e. The van der Waals surface area contributed by atoms with E-state index in [4.69, 9.17) is 9.47 Å². The van der Waals surface area contributed by atoms with Crippen molar-refractivity contribution >= 4 is 17.7 Å². The number of amides is 3. The first kappa shape index (κ1) is 21.3. The van der Waals surface area contributed by atoms with Crippen molar-refractivity contribution in [3.63, 3.8) is 0 Å². The Balaban J connectivity index is 1.80. The predicted octanol–water partition coefficient (Wildman–Crippen LogP) is 1.59. The van der Waals surface area contributed by atoms with Crippen molar-refractivity contribution in [2.75, 3.05) is 7.11 Å². The first-order valence-corrected chi connectivity index (χ1v) is 10.5. The lowest BCUT2D eigenvalue weighted by Gasteiger charge is -2.48. The number of benzene rings is 1. The van der Waals surface area contributed by atoms with Gasteiger partial charge in [0.2, 0.25) is 11.5 Å². The minimum absolute atomic E-state index is 0.0554. The molecule has 0 unspecified atom stereocenters. The lowest BCUT2D eigenvalue weighted by Crippen LogP contribution is -2.72. The van der Waals surface area contributed by atoms with Crippen molar-refractivity contribution < 1.29 is 23.9 Å². The van der Waals surface area contributed by atoms with Gasteiger partial charge in [-0.25, -0.2) is 0 Å². The summed E-state index contributed by atoms with van der Waals surface area (Å²) in [6, 6.07) is 8.67. The quantitative estimate of drug-likeness (QED) is 0.552. The van der Waals surface area contributed by atoms with E-state index in [2.05, 4.69) is 10.6 Å². The Kier molecular flexibility index (Phi) is 5.68. The van der Waals surface area contributed by atoms with Crippen LogP contribution < -0.4 is 10.6 Å². The maximum absolute atomic E-state index is 13.8. The van der Waals surface area contributed by atoms with Gasteiger partial charge < -0.3 is 20.1 Å². The molecule has 4 atom stereocenters. The molecule has 31 heavy (non-hydrogen) atoms. The molecule has 3 aliphatic rings. The van der Waals surface area contributed by atoms with Gasteiger partial charge >= 0.3 is 0 Å². The Hall–Kier alpha value is -2.97. The number of allylic oxidation sites excluding steroid dienone is 1. The topological polar surface area (TPSA) is 97.0 Å². The third kappa shape index (κ3) is 3.55. The number of hydrogen-bond acceptors (Lipinski definition) is 5. The number of nitrogens with zero attached hydrogens (tertiary/aromatic N) is 1. The van der Waals surface area contributed by atoms with Crippen molar-refractivity contribution in [2.45, 2.75) is 51.0 Å². The smallest absolute Gasteiger partial charge is 0.271 e. The fourth-order valence-electron chi connectivity index (χ4n) is 4.17. The highest BCUT2D eigenvalue weighted by molar-refractivity contribution is 6.14. The molecule has 4 rings (SSSR count). The molecule has 1 saturated heterocycles. The second-order valence-corrected chi connectivity index (χ2v) is 8.08.